The minimum Gasteiger partial charge on any atom is -0.494 e. The third-order valence-corrected chi connectivity index (χ3v) is 5.67. The summed E-state index contributed by atoms with van der Waals surface area (Å²) in [6, 6.07) is 11.8. The molecule has 0 saturated carbocycles. The van der Waals surface area contributed by atoms with Gasteiger partial charge in [0, 0.05) is 5.56 Å². The molecule has 1 amide bonds. The number of benzene rings is 1. The zero-order chi connectivity index (χ0) is 18.4. The molecule has 5 nitrogen and oxygen atoms in total. The lowest BCUT2D eigenvalue weighted by molar-refractivity contribution is -0.939. The fourth-order valence-corrected chi connectivity index (χ4v) is 4.45. The van der Waals surface area contributed by atoms with Crippen LogP contribution in [0.3, 0.4) is 0 Å². The van der Waals surface area contributed by atoms with Crippen molar-refractivity contribution in [2.75, 3.05) is 32.9 Å². The highest BCUT2D eigenvalue weighted by atomic mass is 32.1. The summed E-state index contributed by atoms with van der Waals surface area (Å²) >= 11 is 1.75. The molecule has 0 unspecified atom stereocenters. The molecule has 1 aliphatic rings. The summed E-state index contributed by atoms with van der Waals surface area (Å²) in [6.07, 6.45) is 0. The van der Waals surface area contributed by atoms with Crippen molar-refractivity contribution >= 4 is 17.2 Å². The summed E-state index contributed by atoms with van der Waals surface area (Å²) in [4.78, 5) is 15.5. The van der Waals surface area contributed by atoms with Gasteiger partial charge in [0.15, 0.2) is 0 Å². The number of carbonyl (C=O) groups excluding carboxylic acids is 1. The maximum absolute atomic E-state index is 12.7. The molecule has 0 aliphatic carbocycles. The Morgan fingerprint density at radius 1 is 1.27 bits per heavy atom. The van der Waals surface area contributed by atoms with E-state index in [-0.39, 0.29) is 18.0 Å². The summed E-state index contributed by atoms with van der Waals surface area (Å²) < 4.78 is 11.0. The predicted molar refractivity (Wildman–Crippen MR) is 103 cm³/mol. The van der Waals surface area contributed by atoms with Gasteiger partial charge in [0.05, 0.1) is 30.7 Å². The van der Waals surface area contributed by atoms with Gasteiger partial charge in [-0.25, -0.2) is 0 Å². The molecule has 0 radical (unpaired) electrons. The van der Waals surface area contributed by atoms with Gasteiger partial charge in [-0.1, -0.05) is 6.07 Å². The number of ether oxygens (including phenoxy) is 2. The van der Waals surface area contributed by atoms with Crippen molar-refractivity contribution in [2.45, 2.75) is 25.9 Å². The summed E-state index contributed by atoms with van der Waals surface area (Å²) in [5.74, 6) is 0.737. The highest BCUT2D eigenvalue weighted by Gasteiger charge is 2.33. The minimum atomic E-state index is -0.0465. The summed E-state index contributed by atoms with van der Waals surface area (Å²) in [6.45, 7) is 8.14. The maximum atomic E-state index is 12.7. The number of thiophene rings is 1. The van der Waals surface area contributed by atoms with Crippen molar-refractivity contribution in [1.82, 2.24) is 5.32 Å². The van der Waals surface area contributed by atoms with E-state index in [0.717, 1.165) is 32.1 Å². The molecule has 1 fully saturated rings. The van der Waals surface area contributed by atoms with Crippen LogP contribution < -0.4 is 15.0 Å². The SMILES string of the molecule is CCOc1ccc(C(=O)N[C@@H](C)[C@H](c2cccs2)[NH+]2CCOCC2)cc1. The average Bonchev–Trinajstić information content (AvgIpc) is 3.18. The van der Waals surface area contributed by atoms with Gasteiger partial charge in [-0.2, -0.15) is 0 Å². The minimum absolute atomic E-state index is 0.0285. The van der Waals surface area contributed by atoms with E-state index in [1.54, 1.807) is 11.3 Å². The molecule has 2 N–H and O–H groups in total. The third-order valence-electron chi connectivity index (χ3n) is 4.71. The van der Waals surface area contributed by atoms with Crippen LogP contribution >= 0.6 is 11.3 Å². The first-order valence-electron chi connectivity index (χ1n) is 9.18. The Kier molecular flexibility index (Phi) is 6.66. The van der Waals surface area contributed by atoms with Crippen LogP contribution in [0.15, 0.2) is 41.8 Å². The number of hydrogen-bond acceptors (Lipinski definition) is 4. The van der Waals surface area contributed by atoms with Crippen molar-refractivity contribution in [1.29, 1.82) is 0 Å². The molecule has 6 heteroatoms. The van der Waals surface area contributed by atoms with E-state index in [0.29, 0.717) is 12.2 Å². The van der Waals surface area contributed by atoms with E-state index in [4.69, 9.17) is 9.47 Å². The molecule has 2 aromatic rings. The van der Waals surface area contributed by atoms with Gasteiger partial charge < -0.3 is 19.7 Å². The zero-order valence-electron chi connectivity index (χ0n) is 15.4. The van der Waals surface area contributed by atoms with Crippen LogP contribution in [0.25, 0.3) is 0 Å². The molecule has 140 valence electrons. The number of amides is 1. The van der Waals surface area contributed by atoms with Crippen LogP contribution in [0.4, 0.5) is 0 Å². The van der Waals surface area contributed by atoms with E-state index < -0.39 is 0 Å². The third kappa shape index (κ3) is 4.63. The molecular formula is C20H27N2O3S+. The largest absolute Gasteiger partial charge is 0.494 e. The van der Waals surface area contributed by atoms with Crippen LogP contribution in [-0.4, -0.2) is 44.9 Å². The lowest BCUT2D eigenvalue weighted by atomic mass is 10.0. The molecule has 0 bridgehead atoms. The topological polar surface area (TPSA) is 52.0 Å². The molecular weight excluding hydrogens is 348 g/mol. The summed E-state index contributed by atoms with van der Waals surface area (Å²) in [7, 11) is 0. The van der Waals surface area contributed by atoms with Crippen molar-refractivity contribution in [2.24, 2.45) is 0 Å². The van der Waals surface area contributed by atoms with Crippen molar-refractivity contribution in [3.63, 3.8) is 0 Å². The smallest absolute Gasteiger partial charge is 0.251 e. The Morgan fingerprint density at radius 2 is 2.00 bits per heavy atom. The standard InChI is InChI=1S/C20H26N2O3S/c1-3-25-17-8-6-16(7-9-17)20(23)21-15(2)19(18-5-4-14-26-18)22-10-12-24-13-11-22/h4-9,14-15,19H,3,10-13H2,1-2H3,(H,21,23)/p+1/t15-,19+/m0/s1. The van der Waals surface area contributed by atoms with Crippen LogP contribution in [0, 0.1) is 0 Å². The monoisotopic (exact) mass is 375 g/mol. The second-order valence-electron chi connectivity index (χ2n) is 6.48. The van der Waals surface area contributed by atoms with Gasteiger partial charge >= 0.3 is 0 Å². The van der Waals surface area contributed by atoms with Crippen LogP contribution in [-0.2, 0) is 4.74 Å². The zero-order valence-corrected chi connectivity index (χ0v) is 16.2. The molecule has 3 rings (SSSR count). The van der Waals surface area contributed by atoms with Crippen LogP contribution in [0.1, 0.15) is 35.1 Å². The number of hydrogen-bond donors (Lipinski definition) is 2. The first-order chi connectivity index (χ1) is 12.7. The van der Waals surface area contributed by atoms with Crippen LogP contribution in [0.5, 0.6) is 5.75 Å². The normalized spacial score (nSPS) is 17.5. The molecule has 1 aromatic heterocycles. The number of nitrogens with one attached hydrogen (secondary N) is 2. The Morgan fingerprint density at radius 3 is 2.62 bits per heavy atom. The van der Waals surface area contributed by atoms with Gasteiger partial charge in [0.2, 0.25) is 0 Å². The number of quaternary nitrogens is 1. The van der Waals surface area contributed by atoms with E-state index >= 15 is 0 Å². The molecule has 2 heterocycles. The predicted octanol–water partition coefficient (Wildman–Crippen LogP) is 1.92. The van der Waals surface area contributed by atoms with Gasteiger partial charge in [0.25, 0.3) is 5.91 Å². The van der Waals surface area contributed by atoms with E-state index in [2.05, 4.69) is 29.8 Å². The molecule has 26 heavy (non-hydrogen) atoms. The average molecular weight is 376 g/mol. The quantitative estimate of drug-likeness (QED) is 0.777. The van der Waals surface area contributed by atoms with Crippen molar-refractivity contribution < 1.29 is 19.2 Å². The van der Waals surface area contributed by atoms with Crippen molar-refractivity contribution in [3.8, 4) is 5.75 Å². The summed E-state index contributed by atoms with van der Waals surface area (Å²) in [5.41, 5.74) is 0.655. The van der Waals surface area contributed by atoms with Crippen LogP contribution in [0.2, 0.25) is 0 Å². The Bertz CT molecular complexity index is 682. The Hall–Kier alpha value is -1.89. The molecule has 0 spiro atoms. The Labute approximate surface area is 158 Å². The van der Waals surface area contributed by atoms with E-state index in [1.807, 2.05) is 31.2 Å². The first-order valence-corrected chi connectivity index (χ1v) is 10.1. The molecule has 1 aromatic carbocycles. The number of carbonyl (C=O) groups is 1. The fraction of sp³-hybridized carbons (Fsp3) is 0.450. The second-order valence-corrected chi connectivity index (χ2v) is 7.46. The number of morpholine rings is 1. The molecule has 2 atom stereocenters. The van der Waals surface area contributed by atoms with Gasteiger partial charge in [-0.05, 0) is 49.6 Å². The van der Waals surface area contributed by atoms with Gasteiger partial charge in [-0.3, -0.25) is 4.79 Å². The highest BCUT2D eigenvalue weighted by molar-refractivity contribution is 7.10. The maximum Gasteiger partial charge on any atom is 0.251 e. The van der Waals surface area contributed by atoms with Crippen molar-refractivity contribution in [3.05, 3.63) is 52.2 Å². The fourth-order valence-electron chi connectivity index (χ4n) is 3.46. The first kappa shape index (κ1) is 18.9. The van der Waals surface area contributed by atoms with Gasteiger partial charge in [-0.15, -0.1) is 11.3 Å². The van der Waals surface area contributed by atoms with E-state index in [1.165, 1.54) is 9.78 Å². The van der Waals surface area contributed by atoms with Gasteiger partial charge in [0.1, 0.15) is 24.9 Å². The molecule has 1 aliphatic heterocycles. The Balaban J connectivity index is 1.70. The molecule has 1 saturated heterocycles. The second kappa shape index (κ2) is 9.16. The lowest BCUT2D eigenvalue weighted by Crippen LogP contribution is -3.15. The lowest BCUT2D eigenvalue weighted by Gasteiger charge is -2.34. The number of rotatable bonds is 7. The van der Waals surface area contributed by atoms with E-state index in [9.17, 15) is 4.79 Å². The highest BCUT2D eigenvalue weighted by Crippen LogP contribution is 2.20. The summed E-state index contributed by atoms with van der Waals surface area (Å²) in [5, 5.41) is 5.30.